The monoisotopic (exact) mass is 315 g/mol. The fourth-order valence-electron chi connectivity index (χ4n) is 2.00. The largest absolute Gasteiger partial charge is 0.493 e. The summed E-state index contributed by atoms with van der Waals surface area (Å²) in [6.07, 6.45) is 1.61. The lowest BCUT2D eigenvalue weighted by Crippen LogP contribution is -2.05. The highest BCUT2D eigenvalue weighted by Gasteiger charge is 2.06. The summed E-state index contributed by atoms with van der Waals surface area (Å²) in [7, 11) is 1.60. The number of hydrogen-bond donors (Lipinski definition) is 0. The summed E-state index contributed by atoms with van der Waals surface area (Å²) in [5, 5.41) is 0. The number of rotatable bonds is 6. The molecule has 0 aliphatic rings. The molecule has 0 fully saturated rings. The molecule has 23 heavy (non-hydrogen) atoms. The molecule has 0 unspecified atom stereocenters. The van der Waals surface area contributed by atoms with Gasteiger partial charge < -0.3 is 9.47 Å². The van der Waals surface area contributed by atoms with Gasteiger partial charge in [0.15, 0.2) is 11.5 Å². The van der Waals surface area contributed by atoms with E-state index in [1.165, 1.54) is 6.07 Å². The lowest BCUT2D eigenvalue weighted by molar-refractivity contribution is 0.257. The van der Waals surface area contributed by atoms with Crippen molar-refractivity contribution in [2.75, 3.05) is 13.7 Å². The normalized spacial score (nSPS) is 11.2. The Morgan fingerprint density at radius 3 is 2.57 bits per heavy atom. The highest BCUT2D eigenvalue weighted by Crippen LogP contribution is 2.28. The molecule has 0 heterocycles. The Kier molecular flexibility index (Phi) is 5.74. The van der Waals surface area contributed by atoms with E-state index in [9.17, 15) is 4.39 Å². The second-order valence-corrected chi connectivity index (χ2v) is 5.83. The molecule has 0 aliphatic carbocycles. The van der Waals surface area contributed by atoms with E-state index in [1.54, 1.807) is 19.4 Å². The van der Waals surface area contributed by atoms with E-state index in [4.69, 9.17) is 9.47 Å². The molecular weight excluding hydrogens is 293 g/mol. The van der Waals surface area contributed by atoms with Crippen molar-refractivity contribution < 1.29 is 13.9 Å². The van der Waals surface area contributed by atoms with Gasteiger partial charge >= 0.3 is 0 Å². The van der Waals surface area contributed by atoms with Gasteiger partial charge in [-0.2, -0.15) is 0 Å². The predicted molar refractivity (Wildman–Crippen MR) is 91.7 cm³/mol. The van der Waals surface area contributed by atoms with Gasteiger partial charge in [0.25, 0.3) is 0 Å². The molecule has 122 valence electrons. The van der Waals surface area contributed by atoms with Crippen molar-refractivity contribution in [1.82, 2.24) is 0 Å². The SMILES string of the molecule is COc1cc(C=Nc2ccc(C)cc2F)ccc1OCC(C)C. The standard InChI is InChI=1S/C19H22FNO2/c1-13(2)12-23-18-8-6-15(10-19(18)22-4)11-21-17-7-5-14(3)9-16(17)20/h5-11,13H,12H2,1-4H3. The zero-order valence-electron chi connectivity index (χ0n) is 14.0. The average Bonchev–Trinajstić information content (AvgIpc) is 2.52. The van der Waals surface area contributed by atoms with Gasteiger partial charge in [0.2, 0.25) is 0 Å². The van der Waals surface area contributed by atoms with Gasteiger partial charge in [0, 0.05) is 6.21 Å². The zero-order chi connectivity index (χ0) is 16.8. The average molecular weight is 315 g/mol. The Morgan fingerprint density at radius 1 is 1.13 bits per heavy atom. The molecule has 0 spiro atoms. The number of aryl methyl sites for hydroxylation is 1. The van der Waals surface area contributed by atoms with Crippen molar-refractivity contribution in [2.24, 2.45) is 10.9 Å². The van der Waals surface area contributed by atoms with Crippen LogP contribution in [0.5, 0.6) is 11.5 Å². The van der Waals surface area contributed by atoms with E-state index in [1.807, 2.05) is 31.2 Å². The minimum atomic E-state index is -0.329. The molecule has 0 bridgehead atoms. The minimum absolute atomic E-state index is 0.315. The summed E-state index contributed by atoms with van der Waals surface area (Å²) in [6, 6.07) is 10.5. The second kappa shape index (κ2) is 7.77. The zero-order valence-corrected chi connectivity index (χ0v) is 14.0. The van der Waals surface area contributed by atoms with Gasteiger partial charge in [-0.1, -0.05) is 19.9 Å². The van der Waals surface area contributed by atoms with Crippen LogP contribution in [0, 0.1) is 18.7 Å². The molecule has 2 aromatic carbocycles. The first-order valence-electron chi connectivity index (χ1n) is 7.60. The van der Waals surface area contributed by atoms with Crippen molar-refractivity contribution in [1.29, 1.82) is 0 Å². The summed E-state index contributed by atoms with van der Waals surface area (Å²) < 4.78 is 24.8. The Bertz CT molecular complexity index is 696. The van der Waals surface area contributed by atoms with Crippen LogP contribution < -0.4 is 9.47 Å². The smallest absolute Gasteiger partial charge is 0.161 e. The predicted octanol–water partition coefficient (Wildman–Crippen LogP) is 4.93. The summed E-state index contributed by atoms with van der Waals surface area (Å²) in [6.45, 7) is 6.64. The molecule has 0 amide bonds. The maximum absolute atomic E-state index is 13.8. The van der Waals surface area contributed by atoms with Gasteiger partial charge in [-0.25, -0.2) is 4.39 Å². The first kappa shape index (κ1) is 17.0. The van der Waals surface area contributed by atoms with Gasteiger partial charge in [0.05, 0.1) is 19.4 Å². The van der Waals surface area contributed by atoms with E-state index >= 15 is 0 Å². The van der Waals surface area contributed by atoms with Gasteiger partial charge in [-0.05, 0) is 54.3 Å². The van der Waals surface area contributed by atoms with E-state index in [0.717, 1.165) is 11.1 Å². The molecule has 2 aromatic rings. The van der Waals surface area contributed by atoms with Gasteiger partial charge in [-0.3, -0.25) is 4.99 Å². The van der Waals surface area contributed by atoms with Crippen LogP contribution in [0.15, 0.2) is 41.4 Å². The Hall–Kier alpha value is -2.36. The summed E-state index contributed by atoms with van der Waals surface area (Å²) in [5.74, 6) is 1.44. The van der Waals surface area contributed by atoms with Gasteiger partial charge in [-0.15, -0.1) is 0 Å². The van der Waals surface area contributed by atoms with E-state index in [0.29, 0.717) is 29.7 Å². The first-order valence-corrected chi connectivity index (χ1v) is 7.60. The number of hydrogen-bond acceptors (Lipinski definition) is 3. The molecule has 3 nitrogen and oxygen atoms in total. The Morgan fingerprint density at radius 2 is 1.91 bits per heavy atom. The third-order valence-electron chi connectivity index (χ3n) is 3.22. The summed E-state index contributed by atoms with van der Waals surface area (Å²) in [4.78, 5) is 4.20. The number of benzene rings is 2. The third-order valence-corrected chi connectivity index (χ3v) is 3.22. The van der Waals surface area contributed by atoms with Crippen molar-refractivity contribution in [3.05, 3.63) is 53.3 Å². The maximum Gasteiger partial charge on any atom is 0.161 e. The maximum atomic E-state index is 13.8. The Labute approximate surface area is 136 Å². The fourth-order valence-corrected chi connectivity index (χ4v) is 2.00. The van der Waals surface area contributed by atoms with E-state index in [2.05, 4.69) is 18.8 Å². The molecular formula is C19H22FNO2. The Balaban J connectivity index is 2.18. The van der Waals surface area contributed by atoms with Crippen molar-refractivity contribution in [2.45, 2.75) is 20.8 Å². The minimum Gasteiger partial charge on any atom is -0.493 e. The molecule has 0 atom stereocenters. The molecule has 4 heteroatoms. The van der Waals surface area contributed by atoms with Crippen LogP contribution in [0.3, 0.4) is 0 Å². The summed E-state index contributed by atoms with van der Waals surface area (Å²) >= 11 is 0. The molecule has 0 N–H and O–H groups in total. The van der Waals surface area contributed by atoms with Crippen LogP contribution in [-0.4, -0.2) is 19.9 Å². The molecule has 0 aliphatic heterocycles. The second-order valence-electron chi connectivity index (χ2n) is 5.83. The van der Waals surface area contributed by atoms with Crippen LogP contribution in [0.4, 0.5) is 10.1 Å². The number of ether oxygens (including phenoxy) is 2. The van der Waals surface area contributed by atoms with Crippen LogP contribution >= 0.6 is 0 Å². The number of methoxy groups -OCH3 is 1. The first-order chi connectivity index (χ1) is 11.0. The van der Waals surface area contributed by atoms with Crippen LogP contribution in [0.2, 0.25) is 0 Å². The van der Waals surface area contributed by atoms with Crippen molar-refractivity contribution >= 4 is 11.9 Å². The fraction of sp³-hybridized carbons (Fsp3) is 0.316. The number of aliphatic imine (C=N–C) groups is 1. The number of nitrogens with zero attached hydrogens (tertiary/aromatic N) is 1. The van der Waals surface area contributed by atoms with E-state index < -0.39 is 0 Å². The molecule has 0 radical (unpaired) electrons. The molecule has 0 saturated heterocycles. The molecule has 2 rings (SSSR count). The summed E-state index contributed by atoms with van der Waals surface area (Å²) in [5.41, 5.74) is 2.00. The van der Waals surface area contributed by atoms with Crippen LogP contribution in [0.25, 0.3) is 0 Å². The molecule has 0 aromatic heterocycles. The quantitative estimate of drug-likeness (QED) is 0.708. The van der Waals surface area contributed by atoms with Crippen LogP contribution in [0.1, 0.15) is 25.0 Å². The lowest BCUT2D eigenvalue weighted by atomic mass is 10.2. The van der Waals surface area contributed by atoms with Crippen molar-refractivity contribution in [3.63, 3.8) is 0 Å². The lowest BCUT2D eigenvalue weighted by Gasteiger charge is -2.12. The highest BCUT2D eigenvalue weighted by molar-refractivity contribution is 5.83. The van der Waals surface area contributed by atoms with Gasteiger partial charge in [0.1, 0.15) is 5.82 Å². The van der Waals surface area contributed by atoms with E-state index in [-0.39, 0.29) is 5.82 Å². The topological polar surface area (TPSA) is 30.8 Å². The van der Waals surface area contributed by atoms with Crippen molar-refractivity contribution in [3.8, 4) is 11.5 Å². The third kappa shape index (κ3) is 4.81. The number of halogens is 1. The van der Waals surface area contributed by atoms with Crippen LogP contribution in [-0.2, 0) is 0 Å². The highest BCUT2D eigenvalue weighted by atomic mass is 19.1. The molecule has 0 saturated carbocycles.